The number of fused-ring (bicyclic) bond motifs is 1. The highest BCUT2D eigenvalue weighted by molar-refractivity contribution is 5.71. The molecular weight excluding hydrogens is 224 g/mol. The number of aromatic nitrogens is 2. The van der Waals surface area contributed by atoms with E-state index in [-0.39, 0.29) is 5.54 Å². The molecule has 1 unspecified atom stereocenters. The Morgan fingerprint density at radius 3 is 2.72 bits per heavy atom. The van der Waals surface area contributed by atoms with Crippen molar-refractivity contribution in [2.45, 2.75) is 19.4 Å². The number of rotatable bonds is 1. The van der Waals surface area contributed by atoms with Gasteiger partial charge >= 0.3 is 0 Å². The molecule has 4 heteroatoms. The molecule has 0 spiro atoms. The summed E-state index contributed by atoms with van der Waals surface area (Å²) in [6.07, 6.45) is 0. The molecule has 0 amide bonds. The van der Waals surface area contributed by atoms with E-state index in [9.17, 15) is 0 Å². The Morgan fingerprint density at radius 2 is 2.00 bits per heavy atom. The molecule has 2 aromatic rings. The number of nitrogens with zero attached hydrogens (tertiary/aromatic N) is 2. The lowest BCUT2D eigenvalue weighted by atomic mass is 9.90. The molecule has 4 nitrogen and oxygen atoms in total. The minimum atomic E-state index is -0.103. The lowest BCUT2D eigenvalue weighted by Crippen LogP contribution is -2.43. The molecule has 0 fully saturated rings. The van der Waals surface area contributed by atoms with Crippen LogP contribution in [0, 0.1) is 6.92 Å². The molecule has 18 heavy (non-hydrogen) atoms. The van der Waals surface area contributed by atoms with Crippen molar-refractivity contribution in [2.24, 2.45) is 7.05 Å². The summed E-state index contributed by atoms with van der Waals surface area (Å²) in [7, 11) is 1.97. The maximum absolute atomic E-state index is 4.44. The third-order valence-electron chi connectivity index (χ3n) is 3.65. The van der Waals surface area contributed by atoms with Gasteiger partial charge < -0.3 is 10.6 Å². The predicted octanol–water partition coefficient (Wildman–Crippen LogP) is 2.48. The van der Waals surface area contributed by atoms with E-state index >= 15 is 0 Å². The fraction of sp³-hybridized carbons (Fsp3) is 0.357. The molecule has 0 radical (unpaired) electrons. The molecular formula is C14H18N4. The second kappa shape index (κ2) is 3.77. The highest BCUT2D eigenvalue weighted by atomic mass is 15.4. The predicted molar refractivity (Wildman–Crippen MR) is 73.9 cm³/mol. The first-order valence-electron chi connectivity index (χ1n) is 6.21. The summed E-state index contributed by atoms with van der Waals surface area (Å²) in [4.78, 5) is 0. The summed E-state index contributed by atoms with van der Waals surface area (Å²) < 4.78 is 1.90. The Labute approximate surface area is 107 Å². The zero-order valence-electron chi connectivity index (χ0n) is 11.0. The van der Waals surface area contributed by atoms with Crippen molar-refractivity contribution in [1.29, 1.82) is 0 Å². The van der Waals surface area contributed by atoms with E-state index in [4.69, 9.17) is 0 Å². The number of anilines is 2. The van der Waals surface area contributed by atoms with Crippen LogP contribution >= 0.6 is 0 Å². The minimum Gasteiger partial charge on any atom is -0.378 e. The molecule has 1 atom stereocenters. The van der Waals surface area contributed by atoms with Gasteiger partial charge in [-0.05, 0) is 19.4 Å². The average Bonchev–Trinajstić information content (AvgIpc) is 2.65. The van der Waals surface area contributed by atoms with Crippen LogP contribution in [-0.2, 0) is 12.6 Å². The maximum atomic E-state index is 4.44. The first-order chi connectivity index (χ1) is 8.60. The van der Waals surface area contributed by atoms with Gasteiger partial charge in [0.15, 0.2) is 0 Å². The van der Waals surface area contributed by atoms with Crippen molar-refractivity contribution < 1.29 is 0 Å². The number of hydrogen-bond donors (Lipinski definition) is 2. The monoisotopic (exact) mass is 242 g/mol. The standard InChI is InChI=1S/C14H18N4/c1-10-12-13(18(3)17-10)16-14(2,9-15-12)11-7-5-4-6-8-11/h4-8,15-16H,9H2,1-3H3. The van der Waals surface area contributed by atoms with Crippen LogP contribution in [0.1, 0.15) is 18.2 Å². The van der Waals surface area contributed by atoms with Crippen LogP contribution in [0.3, 0.4) is 0 Å². The van der Waals surface area contributed by atoms with Crippen LogP contribution in [0.2, 0.25) is 0 Å². The lowest BCUT2D eigenvalue weighted by Gasteiger charge is -2.37. The summed E-state index contributed by atoms with van der Waals surface area (Å²) in [5.41, 5.74) is 3.33. The average molecular weight is 242 g/mol. The zero-order chi connectivity index (χ0) is 12.8. The molecule has 0 bridgehead atoms. The SMILES string of the molecule is Cc1nn(C)c2c1NCC(C)(c1ccccc1)N2. The van der Waals surface area contributed by atoms with Crippen molar-refractivity contribution in [2.75, 3.05) is 17.2 Å². The van der Waals surface area contributed by atoms with E-state index in [1.807, 2.05) is 24.7 Å². The number of nitrogens with one attached hydrogen (secondary N) is 2. The van der Waals surface area contributed by atoms with Crippen molar-refractivity contribution in [1.82, 2.24) is 9.78 Å². The van der Waals surface area contributed by atoms with E-state index in [1.165, 1.54) is 5.56 Å². The highest BCUT2D eigenvalue weighted by Gasteiger charge is 2.33. The summed E-state index contributed by atoms with van der Waals surface area (Å²) >= 11 is 0. The van der Waals surface area contributed by atoms with Crippen LogP contribution in [0.15, 0.2) is 30.3 Å². The Morgan fingerprint density at radius 1 is 1.28 bits per heavy atom. The topological polar surface area (TPSA) is 41.9 Å². The molecule has 1 aliphatic heterocycles. The molecule has 1 aromatic carbocycles. The molecule has 1 aromatic heterocycles. The third kappa shape index (κ3) is 1.56. The van der Waals surface area contributed by atoms with Crippen molar-refractivity contribution in [3.8, 4) is 0 Å². The molecule has 3 rings (SSSR count). The van der Waals surface area contributed by atoms with Crippen LogP contribution in [0.4, 0.5) is 11.5 Å². The minimum absolute atomic E-state index is 0.103. The quantitative estimate of drug-likeness (QED) is 0.807. The summed E-state index contributed by atoms with van der Waals surface area (Å²) in [5, 5.41) is 11.6. The molecule has 1 aliphatic rings. The van der Waals surface area contributed by atoms with Crippen molar-refractivity contribution >= 4 is 11.5 Å². The summed E-state index contributed by atoms with van der Waals surface area (Å²) in [5.74, 6) is 1.06. The second-order valence-electron chi connectivity index (χ2n) is 5.11. The number of aryl methyl sites for hydroxylation is 2. The first kappa shape index (κ1) is 11.1. The van der Waals surface area contributed by atoms with E-state index in [0.717, 1.165) is 23.7 Å². The van der Waals surface area contributed by atoms with E-state index < -0.39 is 0 Å². The zero-order valence-corrected chi connectivity index (χ0v) is 11.0. The third-order valence-corrected chi connectivity index (χ3v) is 3.65. The molecule has 2 heterocycles. The van der Waals surface area contributed by atoms with Gasteiger partial charge in [-0.1, -0.05) is 30.3 Å². The van der Waals surface area contributed by atoms with Crippen molar-refractivity contribution in [3.05, 3.63) is 41.6 Å². The van der Waals surface area contributed by atoms with Gasteiger partial charge in [0, 0.05) is 13.6 Å². The normalized spacial score (nSPS) is 21.9. The molecule has 0 saturated carbocycles. The van der Waals surface area contributed by atoms with Gasteiger partial charge in [-0.25, -0.2) is 0 Å². The fourth-order valence-corrected chi connectivity index (χ4v) is 2.56. The largest absolute Gasteiger partial charge is 0.378 e. The fourth-order valence-electron chi connectivity index (χ4n) is 2.56. The Hall–Kier alpha value is -1.97. The number of hydrogen-bond acceptors (Lipinski definition) is 3. The van der Waals surface area contributed by atoms with E-state index in [0.29, 0.717) is 0 Å². The maximum Gasteiger partial charge on any atom is 0.148 e. The van der Waals surface area contributed by atoms with Crippen LogP contribution in [0.5, 0.6) is 0 Å². The van der Waals surface area contributed by atoms with Gasteiger partial charge in [-0.15, -0.1) is 0 Å². The highest BCUT2D eigenvalue weighted by Crippen LogP contribution is 2.36. The van der Waals surface area contributed by atoms with Gasteiger partial charge in [0.1, 0.15) is 11.5 Å². The van der Waals surface area contributed by atoms with Crippen LogP contribution < -0.4 is 10.6 Å². The molecule has 0 saturated heterocycles. The lowest BCUT2D eigenvalue weighted by molar-refractivity contribution is 0.554. The van der Waals surface area contributed by atoms with Gasteiger partial charge in [0.25, 0.3) is 0 Å². The van der Waals surface area contributed by atoms with E-state index in [1.54, 1.807) is 0 Å². The van der Waals surface area contributed by atoms with Crippen molar-refractivity contribution in [3.63, 3.8) is 0 Å². The summed E-state index contributed by atoms with van der Waals surface area (Å²) in [6, 6.07) is 10.5. The van der Waals surface area contributed by atoms with Gasteiger partial charge in [0.2, 0.25) is 0 Å². The van der Waals surface area contributed by atoms with Gasteiger partial charge in [0.05, 0.1) is 11.2 Å². The molecule has 0 aliphatic carbocycles. The Bertz CT molecular complexity index is 573. The number of benzene rings is 1. The second-order valence-corrected chi connectivity index (χ2v) is 5.11. The van der Waals surface area contributed by atoms with Gasteiger partial charge in [-0.2, -0.15) is 5.10 Å². The first-order valence-corrected chi connectivity index (χ1v) is 6.21. The van der Waals surface area contributed by atoms with E-state index in [2.05, 4.69) is 46.9 Å². The molecule has 94 valence electrons. The van der Waals surface area contributed by atoms with Crippen LogP contribution in [-0.4, -0.2) is 16.3 Å². The van der Waals surface area contributed by atoms with Crippen LogP contribution in [0.25, 0.3) is 0 Å². The van der Waals surface area contributed by atoms with Gasteiger partial charge in [-0.3, -0.25) is 4.68 Å². The Kier molecular flexibility index (Phi) is 2.33. The molecule has 2 N–H and O–H groups in total. The smallest absolute Gasteiger partial charge is 0.148 e. The summed E-state index contributed by atoms with van der Waals surface area (Å²) in [6.45, 7) is 5.09. The Balaban J connectivity index is 2.02.